The van der Waals surface area contributed by atoms with Gasteiger partial charge in [0.05, 0.1) is 12.2 Å². The number of allylic oxidation sites excluding steroid dienone is 2. The molecular formula is C30H52O5. The number of ether oxygens (including phenoxy) is 4. The van der Waals surface area contributed by atoms with Crippen LogP contribution in [-0.4, -0.2) is 49.7 Å². The molecule has 0 aromatic heterocycles. The Hall–Kier alpha value is -0.720. The van der Waals surface area contributed by atoms with Gasteiger partial charge in [0.25, 0.3) is 0 Å². The lowest BCUT2D eigenvalue weighted by molar-refractivity contribution is -0.201. The molecule has 2 heterocycles. The maximum atomic E-state index is 10.6. The Balaban J connectivity index is 1.47. The number of hydrogen-bond donors (Lipinski definition) is 1. The summed E-state index contributed by atoms with van der Waals surface area (Å²) in [6.07, 6.45) is 27.5. The highest BCUT2D eigenvalue weighted by Crippen LogP contribution is 2.46. The highest BCUT2D eigenvalue weighted by Gasteiger charge is 2.42. The molecule has 0 bridgehead atoms. The van der Waals surface area contributed by atoms with Gasteiger partial charge < -0.3 is 24.1 Å². The molecule has 5 unspecified atom stereocenters. The monoisotopic (exact) mass is 492 g/mol. The molecule has 202 valence electrons. The molecule has 5 heteroatoms. The van der Waals surface area contributed by atoms with Crippen LogP contribution in [-0.2, 0) is 18.9 Å². The van der Waals surface area contributed by atoms with Crippen molar-refractivity contribution in [3.63, 3.8) is 0 Å². The first kappa shape index (κ1) is 28.8. The van der Waals surface area contributed by atoms with Crippen molar-refractivity contribution >= 4 is 0 Å². The fourth-order valence-corrected chi connectivity index (χ4v) is 5.61. The Morgan fingerprint density at radius 3 is 2.46 bits per heavy atom. The molecular weight excluding hydrogens is 440 g/mol. The van der Waals surface area contributed by atoms with Gasteiger partial charge in [0.2, 0.25) is 0 Å². The van der Waals surface area contributed by atoms with Crippen molar-refractivity contribution in [2.45, 2.75) is 141 Å². The van der Waals surface area contributed by atoms with Crippen molar-refractivity contribution < 1.29 is 24.1 Å². The van der Waals surface area contributed by atoms with Crippen LogP contribution in [0.25, 0.3) is 0 Å². The van der Waals surface area contributed by atoms with Gasteiger partial charge in [-0.25, -0.2) is 0 Å². The molecule has 5 atom stereocenters. The molecule has 35 heavy (non-hydrogen) atoms. The molecule has 5 nitrogen and oxygen atoms in total. The summed E-state index contributed by atoms with van der Waals surface area (Å²) in [6.45, 7) is 4.65. The van der Waals surface area contributed by atoms with Crippen molar-refractivity contribution in [2.75, 3.05) is 19.8 Å². The van der Waals surface area contributed by atoms with Crippen molar-refractivity contribution in [3.05, 3.63) is 24.3 Å². The quantitative estimate of drug-likeness (QED) is 0.182. The van der Waals surface area contributed by atoms with E-state index in [9.17, 15) is 5.11 Å². The molecule has 0 spiro atoms. The SMILES string of the molecule is CCCCCC(O)C=CC1(CC=CCCCCOC2CCCCO2)CCCC1OC1CCCCO1. The summed E-state index contributed by atoms with van der Waals surface area (Å²) in [5, 5.41) is 10.6. The molecule has 3 aliphatic rings. The van der Waals surface area contributed by atoms with Gasteiger partial charge in [-0.05, 0) is 89.9 Å². The first-order valence-corrected chi connectivity index (χ1v) is 14.7. The van der Waals surface area contributed by atoms with Crippen LogP contribution in [0.15, 0.2) is 24.3 Å². The summed E-state index contributed by atoms with van der Waals surface area (Å²) in [5.41, 5.74) is -0.0372. The Bertz CT molecular complexity index is 594. The van der Waals surface area contributed by atoms with Gasteiger partial charge >= 0.3 is 0 Å². The van der Waals surface area contributed by atoms with Gasteiger partial charge in [-0.1, -0.05) is 50.5 Å². The molecule has 0 aromatic rings. The van der Waals surface area contributed by atoms with Gasteiger partial charge in [0, 0.05) is 25.2 Å². The minimum absolute atomic E-state index is 0.0238. The molecule has 3 fully saturated rings. The minimum atomic E-state index is -0.359. The lowest BCUT2D eigenvalue weighted by Gasteiger charge is -2.35. The third-order valence-electron chi connectivity index (χ3n) is 7.83. The molecule has 2 saturated heterocycles. The molecule has 2 aliphatic heterocycles. The van der Waals surface area contributed by atoms with Gasteiger partial charge in [0.15, 0.2) is 12.6 Å². The fourth-order valence-electron chi connectivity index (χ4n) is 5.61. The summed E-state index contributed by atoms with van der Waals surface area (Å²) >= 11 is 0. The number of hydrogen-bond acceptors (Lipinski definition) is 5. The average molecular weight is 493 g/mol. The molecule has 1 N–H and O–H groups in total. The normalized spacial score (nSPS) is 31.0. The topological polar surface area (TPSA) is 57.2 Å². The summed E-state index contributed by atoms with van der Waals surface area (Å²) in [6, 6.07) is 0. The predicted octanol–water partition coefficient (Wildman–Crippen LogP) is 7.23. The maximum absolute atomic E-state index is 10.6. The second-order valence-corrected chi connectivity index (χ2v) is 10.8. The summed E-state index contributed by atoms with van der Waals surface area (Å²) in [5.74, 6) is 0. The van der Waals surface area contributed by atoms with E-state index in [2.05, 4.69) is 31.2 Å². The van der Waals surface area contributed by atoms with Crippen molar-refractivity contribution in [2.24, 2.45) is 5.41 Å². The number of unbranched alkanes of at least 4 members (excludes halogenated alkanes) is 4. The van der Waals surface area contributed by atoms with Crippen LogP contribution in [0.1, 0.15) is 116 Å². The minimum Gasteiger partial charge on any atom is -0.389 e. The largest absolute Gasteiger partial charge is 0.389 e. The van der Waals surface area contributed by atoms with Crippen LogP contribution in [0.3, 0.4) is 0 Å². The second-order valence-electron chi connectivity index (χ2n) is 10.8. The number of rotatable bonds is 16. The van der Waals surface area contributed by atoms with E-state index in [4.69, 9.17) is 18.9 Å². The van der Waals surface area contributed by atoms with Crippen molar-refractivity contribution in [3.8, 4) is 0 Å². The summed E-state index contributed by atoms with van der Waals surface area (Å²) in [7, 11) is 0. The number of aliphatic hydroxyl groups excluding tert-OH is 1. The number of aliphatic hydroxyl groups is 1. The lowest BCUT2D eigenvalue weighted by atomic mass is 9.79. The molecule has 0 aromatic carbocycles. The van der Waals surface area contributed by atoms with Crippen molar-refractivity contribution in [1.29, 1.82) is 0 Å². The van der Waals surface area contributed by atoms with E-state index in [1.54, 1.807) is 0 Å². The summed E-state index contributed by atoms with van der Waals surface area (Å²) < 4.78 is 24.0. The van der Waals surface area contributed by atoms with Gasteiger partial charge in [-0.2, -0.15) is 0 Å². The first-order valence-electron chi connectivity index (χ1n) is 14.7. The van der Waals surface area contributed by atoms with Crippen LogP contribution < -0.4 is 0 Å². The van der Waals surface area contributed by atoms with E-state index in [1.165, 1.54) is 38.5 Å². The van der Waals surface area contributed by atoms with E-state index in [0.29, 0.717) is 0 Å². The lowest BCUT2D eigenvalue weighted by Crippen LogP contribution is -2.36. The smallest absolute Gasteiger partial charge is 0.157 e. The van der Waals surface area contributed by atoms with E-state index >= 15 is 0 Å². The molecule has 3 rings (SSSR count). The predicted molar refractivity (Wildman–Crippen MR) is 141 cm³/mol. The van der Waals surface area contributed by atoms with Crippen LogP contribution in [0, 0.1) is 5.41 Å². The van der Waals surface area contributed by atoms with E-state index in [0.717, 1.165) is 90.4 Å². The maximum Gasteiger partial charge on any atom is 0.157 e. The molecule has 0 radical (unpaired) electrons. The standard InChI is InChI=1S/C30H52O5/c1-2-3-7-15-26(31)19-22-30(21-14-16-27(30)35-29-18-9-13-25-34-29)20-10-5-4-6-11-23-32-28-17-8-12-24-33-28/h5,10,19,22,26-29,31H,2-4,6-9,11-18,20-21,23-25H2,1H3. The van der Waals surface area contributed by atoms with E-state index in [1.807, 2.05) is 0 Å². The van der Waals surface area contributed by atoms with Gasteiger partial charge in [-0.15, -0.1) is 0 Å². The first-order chi connectivity index (χ1) is 17.2. The Labute approximate surface area is 214 Å². The van der Waals surface area contributed by atoms with Crippen molar-refractivity contribution in [1.82, 2.24) is 0 Å². The highest BCUT2D eigenvalue weighted by molar-refractivity contribution is 5.12. The zero-order chi connectivity index (χ0) is 24.6. The Kier molecular flexibility index (Phi) is 13.9. The zero-order valence-corrected chi connectivity index (χ0v) is 22.3. The van der Waals surface area contributed by atoms with Gasteiger partial charge in [0.1, 0.15) is 0 Å². The Morgan fingerprint density at radius 2 is 1.71 bits per heavy atom. The summed E-state index contributed by atoms with van der Waals surface area (Å²) in [4.78, 5) is 0. The molecule has 1 aliphatic carbocycles. The van der Waals surface area contributed by atoms with E-state index < -0.39 is 0 Å². The second kappa shape index (κ2) is 16.9. The average Bonchev–Trinajstić information content (AvgIpc) is 3.28. The third-order valence-corrected chi connectivity index (χ3v) is 7.83. The van der Waals surface area contributed by atoms with E-state index in [-0.39, 0.29) is 30.2 Å². The van der Waals surface area contributed by atoms with Crippen LogP contribution in [0.2, 0.25) is 0 Å². The van der Waals surface area contributed by atoms with Gasteiger partial charge in [-0.3, -0.25) is 0 Å². The highest BCUT2D eigenvalue weighted by atomic mass is 16.7. The zero-order valence-electron chi connectivity index (χ0n) is 22.3. The van der Waals surface area contributed by atoms with Crippen LogP contribution in [0.4, 0.5) is 0 Å². The fraction of sp³-hybridized carbons (Fsp3) is 0.867. The van der Waals surface area contributed by atoms with Crippen LogP contribution >= 0.6 is 0 Å². The Morgan fingerprint density at radius 1 is 0.914 bits per heavy atom. The van der Waals surface area contributed by atoms with Crippen LogP contribution in [0.5, 0.6) is 0 Å². The third kappa shape index (κ3) is 10.7. The molecule has 1 saturated carbocycles. The molecule has 0 amide bonds.